The predicted octanol–water partition coefficient (Wildman–Crippen LogP) is 0.765. The predicted molar refractivity (Wildman–Crippen MR) is 72.4 cm³/mol. The molecule has 0 aliphatic carbocycles. The molecule has 1 heterocycles. The van der Waals surface area contributed by atoms with Crippen LogP contribution in [0.5, 0.6) is 5.75 Å². The van der Waals surface area contributed by atoms with Gasteiger partial charge in [0.1, 0.15) is 5.75 Å². The van der Waals surface area contributed by atoms with Crippen LogP contribution >= 0.6 is 11.6 Å². The van der Waals surface area contributed by atoms with Crippen molar-refractivity contribution in [1.82, 2.24) is 20.3 Å². The molecule has 1 aromatic heterocycles. The largest absolute Gasteiger partial charge is 0.506 e. The molecule has 1 aromatic carbocycles. The average Bonchev–Trinajstić information content (AvgIpc) is 2.91. The minimum absolute atomic E-state index is 0.0880. The fourth-order valence-electron chi connectivity index (χ4n) is 1.54. The van der Waals surface area contributed by atoms with E-state index >= 15 is 0 Å². The first-order valence-corrected chi connectivity index (χ1v) is 6.25. The maximum atomic E-state index is 11.8. The number of carboxylic acid groups (broad SMARTS) is 1. The lowest BCUT2D eigenvalue weighted by atomic mass is 10.2. The summed E-state index contributed by atoms with van der Waals surface area (Å²) < 4.78 is 1.31. The molecule has 3 N–H and O–H groups in total. The number of carbonyl (C=O) groups excluding carboxylic acids is 1. The number of nitrogens with zero attached hydrogens (tertiary/aromatic N) is 3. The van der Waals surface area contributed by atoms with E-state index in [1.807, 2.05) is 0 Å². The van der Waals surface area contributed by atoms with Gasteiger partial charge in [-0.1, -0.05) is 16.8 Å². The lowest BCUT2D eigenvalue weighted by Gasteiger charge is -2.06. The topological polar surface area (TPSA) is 117 Å². The molecule has 8 nitrogen and oxygen atoms in total. The molecule has 1 amide bonds. The van der Waals surface area contributed by atoms with Crippen molar-refractivity contribution in [3.8, 4) is 5.75 Å². The third-order valence-corrected chi connectivity index (χ3v) is 2.90. The zero-order chi connectivity index (χ0) is 15.4. The molecule has 110 valence electrons. The number of aromatic nitrogens is 3. The normalized spacial score (nSPS) is 10.3. The monoisotopic (exact) mass is 310 g/mol. The lowest BCUT2D eigenvalue weighted by molar-refractivity contribution is 0.0690. The highest BCUT2D eigenvalue weighted by atomic mass is 35.5. The lowest BCUT2D eigenvalue weighted by Crippen LogP contribution is -2.27. The van der Waals surface area contributed by atoms with E-state index in [9.17, 15) is 14.7 Å². The van der Waals surface area contributed by atoms with Crippen molar-refractivity contribution in [3.63, 3.8) is 0 Å². The van der Waals surface area contributed by atoms with Crippen molar-refractivity contribution in [2.45, 2.75) is 6.54 Å². The summed E-state index contributed by atoms with van der Waals surface area (Å²) in [6.45, 7) is 0.511. The maximum Gasteiger partial charge on any atom is 0.358 e. The number of carbonyl (C=O) groups is 2. The number of aromatic hydroxyl groups is 1. The van der Waals surface area contributed by atoms with Gasteiger partial charge in [0.15, 0.2) is 5.69 Å². The SMILES string of the molecule is O=C(NCCn1cc(C(=O)O)nn1)c1ccc(O)c(Cl)c1. The van der Waals surface area contributed by atoms with Gasteiger partial charge >= 0.3 is 5.97 Å². The van der Waals surface area contributed by atoms with E-state index in [1.54, 1.807) is 0 Å². The third kappa shape index (κ3) is 3.69. The molecular weight excluding hydrogens is 300 g/mol. The highest BCUT2D eigenvalue weighted by Gasteiger charge is 2.10. The van der Waals surface area contributed by atoms with Crippen LogP contribution in [0.2, 0.25) is 5.02 Å². The van der Waals surface area contributed by atoms with E-state index in [0.29, 0.717) is 5.56 Å². The number of hydrogen-bond acceptors (Lipinski definition) is 5. The Hall–Kier alpha value is -2.61. The van der Waals surface area contributed by atoms with E-state index in [2.05, 4.69) is 15.6 Å². The highest BCUT2D eigenvalue weighted by molar-refractivity contribution is 6.32. The molecule has 0 spiro atoms. The van der Waals surface area contributed by atoms with Crippen LogP contribution in [0.25, 0.3) is 0 Å². The average molecular weight is 311 g/mol. The Morgan fingerprint density at radius 1 is 1.38 bits per heavy atom. The molecule has 0 saturated heterocycles. The van der Waals surface area contributed by atoms with E-state index in [4.69, 9.17) is 16.7 Å². The van der Waals surface area contributed by atoms with Gasteiger partial charge in [-0.15, -0.1) is 5.10 Å². The van der Waals surface area contributed by atoms with Crippen LogP contribution in [0.3, 0.4) is 0 Å². The molecule has 0 saturated carbocycles. The van der Waals surface area contributed by atoms with E-state index in [-0.39, 0.29) is 35.5 Å². The number of aromatic carboxylic acids is 1. The molecule has 0 fully saturated rings. The van der Waals surface area contributed by atoms with Crippen LogP contribution in [0.1, 0.15) is 20.8 Å². The van der Waals surface area contributed by atoms with Gasteiger partial charge in [0, 0.05) is 12.1 Å². The first-order valence-electron chi connectivity index (χ1n) is 5.87. The molecule has 0 aliphatic rings. The number of carboxylic acids is 1. The molecule has 0 atom stereocenters. The van der Waals surface area contributed by atoms with Gasteiger partial charge in [-0.2, -0.15) is 0 Å². The summed E-state index contributed by atoms with van der Waals surface area (Å²) in [7, 11) is 0. The Kier molecular flexibility index (Phi) is 4.39. The summed E-state index contributed by atoms with van der Waals surface area (Å²) in [6.07, 6.45) is 1.27. The molecule has 0 unspecified atom stereocenters. The second-order valence-electron chi connectivity index (χ2n) is 4.09. The first kappa shape index (κ1) is 14.8. The quantitative estimate of drug-likeness (QED) is 0.750. The minimum Gasteiger partial charge on any atom is -0.506 e. The zero-order valence-electron chi connectivity index (χ0n) is 10.7. The smallest absolute Gasteiger partial charge is 0.358 e. The van der Waals surface area contributed by atoms with E-state index in [1.165, 1.54) is 29.1 Å². The van der Waals surface area contributed by atoms with Crippen LogP contribution in [-0.4, -0.2) is 43.6 Å². The van der Waals surface area contributed by atoms with Crippen molar-refractivity contribution in [2.24, 2.45) is 0 Å². The third-order valence-electron chi connectivity index (χ3n) is 2.59. The fourth-order valence-corrected chi connectivity index (χ4v) is 1.72. The summed E-state index contributed by atoms with van der Waals surface area (Å²) in [6, 6.07) is 4.12. The van der Waals surface area contributed by atoms with Crippen LogP contribution < -0.4 is 5.32 Å². The molecule has 2 rings (SSSR count). The first-order chi connectivity index (χ1) is 9.97. The Bertz CT molecular complexity index is 686. The van der Waals surface area contributed by atoms with Gasteiger partial charge in [0.25, 0.3) is 5.91 Å². The van der Waals surface area contributed by atoms with Crippen molar-refractivity contribution in [1.29, 1.82) is 0 Å². The maximum absolute atomic E-state index is 11.8. The number of nitrogens with one attached hydrogen (secondary N) is 1. The van der Waals surface area contributed by atoms with Crippen LogP contribution in [0.4, 0.5) is 0 Å². The van der Waals surface area contributed by atoms with Gasteiger partial charge in [-0.05, 0) is 18.2 Å². The Balaban J connectivity index is 1.88. The van der Waals surface area contributed by atoms with Gasteiger partial charge in [-0.25, -0.2) is 9.48 Å². The number of phenols is 1. The standard InChI is InChI=1S/C12H11ClN4O4/c13-8-5-7(1-2-10(8)18)11(19)14-3-4-17-6-9(12(20)21)15-16-17/h1-2,5-6,18H,3-4H2,(H,14,19)(H,20,21). The molecule has 21 heavy (non-hydrogen) atoms. The summed E-state index contributed by atoms with van der Waals surface area (Å²) in [4.78, 5) is 22.4. The number of hydrogen-bond donors (Lipinski definition) is 3. The molecule has 2 aromatic rings. The summed E-state index contributed by atoms with van der Waals surface area (Å²) in [5.74, 6) is -1.63. The van der Waals surface area contributed by atoms with Crippen LogP contribution in [0.15, 0.2) is 24.4 Å². The van der Waals surface area contributed by atoms with Crippen molar-refractivity contribution in [3.05, 3.63) is 40.7 Å². The molecule has 0 aliphatic heterocycles. The Morgan fingerprint density at radius 2 is 2.14 bits per heavy atom. The molecule has 0 bridgehead atoms. The van der Waals surface area contributed by atoms with Gasteiger partial charge < -0.3 is 15.5 Å². The van der Waals surface area contributed by atoms with Crippen molar-refractivity contribution in [2.75, 3.05) is 6.54 Å². The second kappa shape index (κ2) is 6.23. The molecular formula is C12H11ClN4O4. The van der Waals surface area contributed by atoms with E-state index < -0.39 is 5.97 Å². The van der Waals surface area contributed by atoms with Gasteiger partial charge in [0.2, 0.25) is 0 Å². The number of benzene rings is 1. The van der Waals surface area contributed by atoms with Crippen LogP contribution in [0, 0.1) is 0 Å². The summed E-state index contributed by atoms with van der Waals surface area (Å²) >= 11 is 5.71. The Morgan fingerprint density at radius 3 is 2.76 bits per heavy atom. The summed E-state index contributed by atoms with van der Waals surface area (Å²) in [5.41, 5.74) is 0.147. The summed E-state index contributed by atoms with van der Waals surface area (Å²) in [5, 5.41) is 27.7. The zero-order valence-corrected chi connectivity index (χ0v) is 11.4. The van der Waals surface area contributed by atoms with Crippen LogP contribution in [-0.2, 0) is 6.54 Å². The van der Waals surface area contributed by atoms with Gasteiger partial charge in [0.05, 0.1) is 17.8 Å². The minimum atomic E-state index is -1.16. The number of halogens is 1. The molecule has 0 radical (unpaired) electrons. The second-order valence-corrected chi connectivity index (χ2v) is 4.50. The molecule has 9 heteroatoms. The number of amides is 1. The van der Waals surface area contributed by atoms with Crippen molar-refractivity contribution >= 4 is 23.5 Å². The van der Waals surface area contributed by atoms with Gasteiger partial charge in [-0.3, -0.25) is 4.79 Å². The van der Waals surface area contributed by atoms with E-state index in [0.717, 1.165) is 0 Å². The van der Waals surface area contributed by atoms with Crippen molar-refractivity contribution < 1.29 is 19.8 Å². The fraction of sp³-hybridized carbons (Fsp3) is 0.167. The highest BCUT2D eigenvalue weighted by Crippen LogP contribution is 2.23. The number of phenolic OH excluding ortho intramolecular Hbond substituents is 1. The number of rotatable bonds is 5. The Labute approximate surface area is 124 Å².